The van der Waals surface area contributed by atoms with E-state index in [1.165, 1.54) is 12.1 Å². The zero-order valence-electron chi connectivity index (χ0n) is 11.0. The molecule has 1 aromatic carbocycles. The molecule has 2 N–H and O–H groups in total. The third-order valence-electron chi connectivity index (χ3n) is 3.40. The number of nitrogens with zero attached hydrogens (tertiary/aromatic N) is 1. The summed E-state index contributed by atoms with van der Waals surface area (Å²) in [6.45, 7) is 0.787. The molecule has 1 aliphatic rings. The standard InChI is InChI=1S/C14H17FN2O3/c15-11-5-1-2-6-12(11)16-13(18)9-17-7-3-4-10(17)8-14(19)20/h1-2,5-6,10H,3-4,7-9H2,(H,16,18)(H,19,20). The first kappa shape index (κ1) is 14.5. The smallest absolute Gasteiger partial charge is 0.304 e. The largest absolute Gasteiger partial charge is 0.481 e. The summed E-state index contributed by atoms with van der Waals surface area (Å²) in [5.74, 6) is -1.67. The number of likely N-dealkylation sites (tertiary alicyclic amines) is 1. The molecule has 1 fully saturated rings. The van der Waals surface area contributed by atoms with Gasteiger partial charge in [0.05, 0.1) is 18.7 Å². The van der Waals surface area contributed by atoms with Crippen LogP contribution in [0.25, 0.3) is 0 Å². The van der Waals surface area contributed by atoms with Crippen LogP contribution in [0.15, 0.2) is 24.3 Å². The Morgan fingerprint density at radius 3 is 2.85 bits per heavy atom. The van der Waals surface area contributed by atoms with Gasteiger partial charge in [0.15, 0.2) is 0 Å². The molecular formula is C14H17FN2O3. The predicted molar refractivity (Wildman–Crippen MR) is 71.9 cm³/mol. The maximum atomic E-state index is 13.4. The van der Waals surface area contributed by atoms with E-state index >= 15 is 0 Å². The van der Waals surface area contributed by atoms with Crippen LogP contribution in [0.1, 0.15) is 19.3 Å². The van der Waals surface area contributed by atoms with Crippen LogP contribution in [0.3, 0.4) is 0 Å². The normalized spacial score (nSPS) is 18.9. The fourth-order valence-corrected chi connectivity index (χ4v) is 2.47. The van der Waals surface area contributed by atoms with Gasteiger partial charge in [0, 0.05) is 6.04 Å². The lowest BCUT2D eigenvalue weighted by Gasteiger charge is -2.22. The molecule has 1 atom stereocenters. The number of halogens is 1. The minimum atomic E-state index is -0.864. The zero-order chi connectivity index (χ0) is 14.5. The molecule has 0 saturated carbocycles. The van der Waals surface area contributed by atoms with Crippen LogP contribution in [0.4, 0.5) is 10.1 Å². The van der Waals surface area contributed by atoms with Gasteiger partial charge in [-0.15, -0.1) is 0 Å². The molecular weight excluding hydrogens is 263 g/mol. The topological polar surface area (TPSA) is 69.6 Å². The number of aliphatic carboxylic acids is 1. The molecule has 1 unspecified atom stereocenters. The summed E-state index contributed by atoms with van der Waals surface area (Å²) < 4.78 is 13.4. The van der Waals surface area contributed by atoms with Gasteiger partial charge in [-0.25, -0.2) is 4.39 Å². The fourth-order valence-electron chi connectivity index (χ4n) is 2.47. The van der Waals surface area contributed by atoms with E-state index < -0.39 is 11.8 Å². The summed E-state index contributed by atoms with van der Waals surface area (Å²) >= 11 is 0. The third kappa shape index (κ3) is 3.77. The molecule has 1 saturated heterocycles. The van der Waals surface area contributed by atoms with Crippen molar-refractivity contribution in [2.45, 2.75) is 25.3 Å². The van der Waals surface area contributed by atoms with E-state index in [0.29, 0.717) is 6.54 Å². The lowest BCUT2D eigenvalue weighted by atomic mass is 10.1. The lowest BCUT2D eigenvalue weighted by molar-refractivity contribution is -0.138. The van der Waals surface area contributed by atoms with Crippen molar-refractivity contribution in [1.82, 2.24) is 4.90 Å². The van der Waals surface area contributed by atoms with Crippen molar-refractivity contribution in [3.63, 3.8) is 0 Å². The molecule has 108 valence electrons. The molecule has 0 aliphatic carbocycles. The molecule has 6 heteroatoms. The van der Waals surface area contributed by atoms with E-state index in [2.05, 4.69) is 5.32 Å². The van der Waals surface area contributed by atoms with Crippen molar-refractivity contribution in [2.24, 2.45) is 0 Å². The van der Waals surface area contributed by atoms with Crippen molar-refractivity contribution < 1.29 is 19.1 Å². The summed E-state index contributed by atoms with van der Waals surface area (Å²) in [5.41, 5.74) is 0.145. The van der Waals surface area contributed by atoms with Gasteiger partial charge in [0.1, 0.15) is 5.82 Å². The maximum absolute atomic E-state index is 13.4. The second-order valence-electron chi connectivity index (χ2n) is 4.89. The Morgan fingerprint density at radius 2 is 2.15 bits per heavy atom. The lowest BCUT2D eigenvalue weighted by Crippen LogP contribution is -2.38. The van der Waals surface area contributed by atoms with Gasteiger partial charge in [-0.1, -0.05) is 12.1 Å². The van der Waals surface area contributed by atoms with Gasteiger partial charge in [-0.2, -0.15) is 0 Å². The number of para-hydroxylation sites is 1. The number of carboxylic acids is 1. The van der Waals surface area contributed by atoms with Crippen molar-refractivity contribution >= 4 is 17.6 Å². The number of rotatable bonds is 5. The number of anilines is 1. The monoisotopic (exact) mass is 280 g/mol. The van der Waals surface area contributed by atoms with Gasteiger partial charge < -0.3 is 10.4 Å². The summed E-state index contributed by atoms with van der Waals surface area (Å²) in [6, 6.07) is 5.85. The summed E-state index contributed by atoms with van der Waals surface area (Å²) in [6.07, 6.45) is 1.69. The van der Waals surface area contributed by atoms with E-state index in [-0.39, 0.29) is 30.6 Å². The highest BCUT2D eigenvalue weighted by atomic mass is 19.1. The summed E-state index contributed by atoms with van der Waals surface area (Å²) in [4.78, 5) is 24.5. The van der Waals surface area contributed by atoms with Crippen LogP contribution < -0.4 is 5.32 Å². The Kier molecular flexibility index (Phi) is 4.68. The molecule has 1 aromatic rings. The third-order valence-corrected chi connectivity index (χ3v) is 3.40. The average Bonchev–Trinajstić information content (AvgIpc) is 2.78. The van der Waals surface area contributed by atoms with Gasteiger partial charge in [-0.05, 0) is 31.5 Å². The number of carbonyl (C=O) groups excluding carboxylic acids is 1. The van der Waals surface area contributed by atoms with Gasteiger partial charge in [0.25, 0.3) is 0 Å². The number of benzene rings is 1. The Morgan fingerprint density at radius 1 is 1.40 bits per heavy atom. The van der Waals surface area contributed by atoms with Crippen molar-refractivity contribution in [1.29, 1.82) is 0 Å². The molecule has 0 spiro atoms. The highest BCUT2D eigenvalue weighted by Gasteiger charge is 2.28. The molecule has 5 nitrogen and oxygen atoms in total. The number of carbonyl (C=O) groups is 2. The predicted octanol–water partition coefficient (Wildman–Crippen LogP) is 1.70. The van der Waals surface area contributed by atoms with Crippen LogP contribution in [-0.4, -0.2) is 41.0 Å². The van der Waals surface area contributed by atoms with E-state index in [1.54, 1.807) is 12.1 Å². The summed E-state index contributed by atoms with van der Waals surface area (Å²) in [5, 5.41) is 11.3. The second kappa shape index (κ2) is 6.47. The molecule has 0 radical (unpaired) electrons. The zero-order valence-corrected chi connectivity index (χ0v) is 11.0. The molecule has 2 rings (SSSR count). The van der Waals surface area contributed by atoms with E-state index in [0.717, 1.165) is 12.8 Å². The molecule has 1 amide bonds. The average molecular weight is 280 g/mol. The van der Waals surface area contributed by atoms with Crippen molar-refractivity contribution in [3.05, 3.63) is 30.1 Å². The number of hydrogen-bond donors (Lipinski definition) is 2. The Bertz CT molecular complexity index is 507. The van der Waals surface area contributed by atoms with Crippen molar-refractivity contribution in [3.8, 4) is 0 Å². The van der Waals surface area contributed by atoms with Crippen LogP contribution >= 0.6 is 0 Å². The Balaban J connectivity index is 1.91. The SMILES string of the molecule is O=C(O)CC1CCCN1CC(=O)Nc1ccccc1F. The quantitative estimate of drug-likeness (QED) is 0.861. The van der Waals surface area contributed by atoms with Crippen LogP contribution in [-0.2, 0) is 9.59 Å². The first-order chi connectivity index (χ1) is 9.56. The summed E-state index contributed by atoms with van der Waals surface area (Å²) in [7, 11) is 0. The highest BCUT2D eigenvalue weighted by Crippen LogP contribution is 2.20. The first-order valence-electron chi connectivity index (χ1n) is 6.56. The van der Waals surface area contributed by atoms with Crippen LogP contribution in [0.2, 0.25) is 0 Å². The second-order valence-corrected chi connectivity index (χ2v) is 4.89. The minimum absolute atomic E-state index is 0.0347. The van der Waals surface area contributed by atoms with Gasteiger partial charge in [0.2, 0.25) is 5.91 Å². The molecule has 1 heterocycles. The molecule has 1 aliphatic heterocycles. The minimum Gasteiger partial charge on any atom is -0.481 e. The van der Waals surface area contributed by atoms with E-state index in [1.807, 2.05) is 4.90 Å². The number of amides is 1. The van der Waals surface area contributed by atoms with Crippen LogP contribution in [0.5, 0.6) is 0 Å². The Hall–Kier alpha value is -1.95. The molecule has 0 bridgehead atoms. The number of carboxylic acid groups (broad SMARTS) is 1. The van der Waals surface area contributed by atoms with Crippen LogP contribution in [0, 0.1) is 5.82 Å². The molecule has 0 aromatic heterocycles. The van der Waals surface area contributed by atoms with Crippen molar-refractivity contribution in [2.75, 3.05) is 18.4 Å². The van der Waals surface area contributed by atoms with E-state index in [4.69, 9.17) is 5.11 Å². The Labute approximate surface area is 116 Å². The van der Waals surface area contributed by atoms with E-state index in [9.17, 15) is 14.0 Å². The highest BCUT2D eigenvalue weighted by molar-refractivity contribution is 5.92. The number of hydrogen-bond acceptors (Lipinski definition) is 3. The maximum Gasteiger partial charge on any atom is 0.304 e. The first-order valence-corrected chi connectivity index (χ1v) is 6.56. The molecule has 20 heavy (non-hydrogen) atoms. The van der Waals surface area contributed by atoms with Gasteiger partial charge >= 0.3 is 5.97 Å². The number of nitrogens with one attached hydrogen (secondary N) is 1. The fraction of sp³-hybridized carbons (Fsp3) is 0.429. The van der Waals surface area contributed by atoms with Gasteiger partial charge in [-0.3, -0.25) is 14.5 Å².